The maximum Gasteiger partial charge on any atom is 0.259 e. The number of carbonyl (C=O) groups is 1. The Hall–Kier alpha value is -2.52. The van der Waals surface area contributed by atoms with Crippen molar-refractivity contribution in [1.82, 2.24) is 9.97 Å². The van der Waals surface area contributed by atoms with Gasteiger partial charge in [0.15, 0.2) is 11.5 Å². The van der Waals surface area contributed by atoms with E-state index in [4.69, 9.17) is 9.47 Å². The van der Waals surface area contributed by atoms with Crippen LogP contribution in [0.3, 0.4) is 0 Å². The lowest BCUT2D eigenvalue weighted by Gasteiger charge is -2.19. The molecule has 0 aliphatic carbocycles. The summed E-state index contributed by atoms with van der Waals surface area (Å²) in [6.45, 7) is 6.77. The molecule has 0 radical (unpaired) electrons. The summed E-state index contributed by atoms with van der Waals surface area (Å²) in [4.78, 5) is 34.1. The number of thioether (sulfide) groups is 1. The monoisotopic (exact) mass is 431 g/mol. The van der Waals surface area contributed by atoms with Gasteiger partial charge in [-0.3, -0.25) is 9.59 Å². The van der Waals surface area contributed by atoms with Crippen LogP contribution in [-0.2, 0) is 10.5 Å². The average Bonchev–Trinajstić information content (AvgIpc) is 3.00. The number of fused-ring (bicyclic) bond motifs is 2. The van der Waals surface area contributed by atoms with Gasteiger partial charge in [-0.05, 0) is 38.5 Å². The van der Waals surface area contributed by atoms with Crippen molar-refractivity contribution in [3.8, 4) is 11.5 Å². The van der Waals surface area contributed by atoms with Crippen molar-refractivity contribution in [1.29, 1.82) is 0 Å². The van der Waals surface area contributed by atoms with Crippen molar-refractivity contribution in [2.75, 3.05) is 18.5 Å². The van der Waals surface area contributed by atoms with Gasteiger partial charge in [-0.1, -0.05) is 0 Å². The number of hydrogen-bond donors (Lipinski definition) is 2. The molecule has 0 saturated carbocycles. The Morgan fingerprint density at radius 2 is 2.07 bits per heavy atom. The number of benzene rings is 1. The molecule has 0 unspecified atom stereocenters. The van der Waals surface area contributed by atoms with Gasteiger partial charge in [-0.15, -0.1) is 23.1 Å². The highest BCUT2D eigenvalue weighted by molar-refractivity contribution is 7.99. The Morgan fingerprint density at radius 1 is 1.31 bits per heavy atom. The molecule has 3 heterocycles. The fourth-order valence-electron chi connectivity index (χ4n) is 3.01. The second-order valence-corrected chi connectivity index (χ2v) is 9.31. The third-order valence-corrected chi connectivity index (χ3v) is 6.99. The van der Waals surface area contributed by atoms with Crippen molar-refractivity contribution < 1.29 is 14.3 Å². The molecule has 0 bridgehead atoms. The molecule has 7 nitrogen and oxygen atoms in total. The van der Waals surface area contributed by atoms with Gasteiger partial charge in [0.25, 0.3) is 5.56 Å². The lowest BCUT2D eigenvalue weighted by molar-refractivity contribution is -0.115. The number of anilines is 1. The zero-order valence-corrected chi connectivity index (χ0v) is 18.0. The van der Waals surface area contributed by atoms with E-state index in [1.807, 2.05) is 20.8 Å². The van der Waals surface area contributed by atoms with Crippen LogP contribution in [0.5, 0.6) is 11.5 Å². The minimum Gasteiger partial charge on any atom is -0.486 e. The lowest BCUT2D eigenvalue weighted by Crippen LogP contribution is -2.23. The van der Waals surface area contributed by atoms with Gasteiger partial charge in [0.2, 0.25) is 5.91 Å². The molecule has 2 aromatic heterocycles. The second-order valence-electron chi connectivity index (χ2n) is 6.78. The number of aromatic nitrogens is 2. The Labute approximate surface area is 175 Å². The lowest BCUT2D eigenvalue weighted by atomic mass is 10.2. The smallest absolute Gasteiger partial charge is 0.259 e. The fourth-order valence-corrected chi connectivity index (χ4v) is 4.82. The molecule has 3 aromatic rings. The van der Waals surface area contributed by atoms with E-state index in [0.29, 0.717) is 47.4 Å². The summed E-state index contributed by atoms with van der Waals surface area (Å²) >= 11 is 2.94. The Morgan fingerprint density at radius 3 is 2.86 bits per heavy atom. The number of ether oxygens (including phenoxy) is 2. The number of H-pyrrole nitrogens is 1. The van der Waals surface area contributed by atoms with Gasteiger partial charge in [-0.2, -0.15) is 0 Å². The van der Waals surface area contributed by atoms with Crippen molar-refractivity contribution in [2.45, 2.75) is 31.8 Å². The third kappa shape index (κ3) is 4.11. The second kappa shape index (κ2) is 8.08. The maximum atomic E-state index is 12.5. The van der Waals surface area contributed by atoms with Gasteiger partial charge in [0.1, 0.15) is 23.9 Å². The highest BCUT2D eigenvalue weighted by Gasteiger charge is 2.18. The van der Waals surface area contributed by atoms with Gasteiger partial charge < -0.3 is 19.8 Å². The zero-order chi connectivity index (χ0) is 20.5. The van der Waals surface area contributed by atoms with Gasteiger partial charge in [0, 0.05) is 16.6 Å². The number of nitrogens with one attached hydrogen (secondary N) is 2. The van der Waals surface area contributed by atoms with Gasteiger partial charge in [0.05, 0.1) is 16.4 Å². The Balaban J connectivity index is 1.40. The zero-order valence-electron chi connectivity index (χ0n) is 16.3. The topological polar surface area (TPSA) is 93.3 Å². The quantitative estimate of drug-likeness (QED) is 0.641. The van der Waals surface area contributed by atoms with E-state index in [1.54, 1.807) is 18.2 Å². The first-order chi connectivity index (χ1) is 13.9. The van der Waals surface area contributed by atoms with E-state index < -0.39 is 0 Å². The molecule has 29 heavy (non-hydrogen) atoms. The van der Waals surface area contributed by atoms with Crippen LogP contribution in [0.1, 0.15) is 23.2 Å². The molecule has 1 aliphatic heterocycles. The molecule has 1 aromatic carbocycles. The van der Waals surface area contributed by atoms with Crippen molar-refractivity contribution in [3.05, 3.63) is 44.8 Å². The highest BCUT2D eigenvalue weighted by atomic mass is 32.2. The molecule has 0 spiro atoms. The average molecular weight is 432 g/mol. The van der Waals surface area contributed by atoms with E-state index >= 15 is 0 Å². The molecule has 9 heteroatoms. The third-order valence-electron chi connectivity index (χ3n) is 4.74. The summed E-state index contributed by atoms with van der Waals surface area (Å²) in [6.07, 6.45) is 0. The number of aromatic amines is 1. The largest absolute Gasteiger partial charge is 0.486 e. The van der Waals surface area contributed by atoms with Crippen LogP contribution in [0.15, 0.2) is 23.0 Å². The van der Waals surface area contributed by atoms with E-state index in [2.05, 4.69) is 15.3 Å². The van der Waals surface area contributed by atoms with Crippen molar-refractivity contribution in [2.24, 2.45) is 0 Å². The standard InChI is InChI=1S/C20H21N3O4S2/c1-10-11(2)29-20-17(10)19(25)22-16(23-20)9-28-12(3)18(24)21-13-4-5-14-15(8-13)27-7-6-26-14/h4-5,8,12H,6-7,9H2,1-3H3,(H,21,24)(H,22,23,25)/t12-/m0/s1. The van der Waals surface area contributed by atoms with Crippen LogP contribution in [0, 0.1) is 13.8 Å². The van der Waals surface area contributed by atoms with Crippen LogP contribution in [0.4, 0.5) is 5.69 Å². The van der Waals surface area contributed by atoms with Crippen LogP contribution in [0.2, 0.25) is 0 Å². The van der Waals surface area contributed by atoms with Gasteiger partial charge >= 0.3 is 0 Å². The number of nitrogens with zero attached hydrogens (tertiary/aromatic N) is 1. The van der Waals surface area contributed by atoms with Crippen LogP contribution in [-0.4, -0.2) is 34.3 Å². The van der Waals surface area contributed by atoms with Gasteiger partial charge in [-0.25, -0.2) is 4.98 Å². The predicted molar refractivity (Wildman–Crippen MR) is 117 cm³/mol. The van der Waals surface area contributed by atoms with Crippen molar-refractivity contribution >= 4 is 44.9 Å². The molecule has 0 saturated heterocycles. The van der Waals surface area contributed by atoms with E-state index in [1.165, 1.54) is 23.1 Å². The molecular formula is C20H21N3O4S2. The van der Waals surface area contributed by atoms with E-state index in [9.17, 15) is 9.59 Å². The van der Waals surface area contributed by atoms with Crippen LogP contribution < -0.4 is 20.3 Å². The van der Waals surface area contributed by atoms with E-state index in [-0.39, 0.29) is 16.7 Å². The summed E-state index contributed by atoms with van der Waals surface area (Å²) in [7, 11) is 0. The summed E-state index contributed by atoms with van der Waals surface area (Å²) in [6, 6.07) is 5.34. The molecule has 1 atom stereocenters. The molecular weight excluding hydrogens is 410 g/mol. The minimum absolute atomic E-state index is 0.124. The summed E-state index contributed by atoms with van der Waals surface area (Å²) in [5.41, 5.74) is 1.51. The van der Waals surface area contributed by atoms with Crippen LogP contribution >= 0.6 is 23.1 Å². The summed E-state index contributed by atoms with van der Waals surface area (Å²) in [5.74, 6) is 2.20. The molecule has 1 aliphatic rings. The number of amides is 1. The normalized spacial score (nSPS) is 14.0. The SMILES string of the molecule is Cc1sc2nc(CS[C@@H](C)C(=O)Nc3ccc4c(c3)OCCO4)[nH]c(=O)c2c1C. The number of hydrogen-bond acceptors (Lipinski definition) is 7. The van der Waals surface area contributed by atoms with E-state index in [0.717, 1.165) is 15.3 Å². The van der Waals surface area contributed by atoms with Crippen molar-refractivity contribution in [3.63, 3.8) is 0 Å². The number of rotatable bonds is 5. The minimum atomic E-state index is -0.323. The summed E-state index contributed by atoms with van der Waals surface area (Å²) < 4.78 is 11.0. The molecule has 2 N–H and O–H groups in total. The predicted octanol–water partition coefficient (Wildman–Crippen LogP) is 3.63. The number of aryl methyl sites for hydroxylation is 2. The Kier molecular flexibility index (Phi) is 5.51. The highest BCUT2D eigenvalue weighted by Crippen LogP contribution is 2.33. The molecule has 0 fully saturated rings. The molecule has 1 amide bonds. The number of carbonyl (C=O) groups excluding carboxylic acids is 1. The first-order valence-corrected chi connectivity index (χ1v) is 11.1. The first kappa shape index (κ1) is 19.8. The fraction of sp³-hybridized carbons (Fsp3) is 0.350. The molecule has 152 valence electrons. The number of thiophene rings is 1. The van der Waals surface area contributed by atoms with Crippen LogP contribution in [0.25, 0.3) is 10.2 Å². The Bertz CT molecular complexity index is 1140. The molecule has 4 rings (SSSR count). The summed E-state index contributed by atoms with van der Waals surface area (Å²) in [5, 5.41) is 3.23. The first-order valence-electron chi connectivity index (χ1n) is 9.23. The maximum absolute atomic E-state index is 12.5.